The van der Waals surface area contributed by atoms with Crippen LogP contribution in [-0.2, 0) is 0 Å². The molecule has 0 aliphatic carbocycles. The van der Waals surface area contributed by atoms with Gasteiger partial charge in [0, 0.05) is 48.2 Å². The molecular formula is C19H29N5. The summed E-state index contributed by atoms with van der Waals surface area (Å²) in [6, 6.07) is 10.7. The van der Waals surface area contributed by atoms with Crippen LogP contribution in [0.15, 0.2) is 30.3 Å². The summed E-state index contributed by atoms with van der Waals surface area (Å²) in [6.07, 6.45) is 0. The van der Waals surface area contributed by atoms with Gasteiger partial charge >= 0.3 is 0 Å². The smallest absolute Gasteiger partial charge is 0.161 e. The molecule has 0 bridgehead atoms. The van der Waals surface area contributed by atoms with Crippen LogP contribution in [-0.4, -0.2) is 40.0 Å². The number of benzene rings is 1. The van der Waals surface area contributed by atoms with E-state index in [-0.39, 0.29) is 0 Å². The Labute approximate surface area is 145 Å². The third-order valence-electron chi connectivity index (χ3n) is 4.00. The lowest BCUT2D eigenvalue weighted by Crippen LogP contribution is -2.40. The number of aromatic nitrogens is 2. The molecule has 0 aliphatic rings. The zero-order chi connectivity index (χ0) is 17.7. The van der Waals surface area contributed by atoms with Gasteiger partial charge in [0.25, 0.3) is 0 Å². The van der Waals surface area contributed by atoms with Gasteiger partial charge in [0.15, 0.2) is 5.82 Å². The van der Waals surface area contributed by atoms with Crippen molar-refractivity contribution in [3.8, 4) is 11.4 Å². The molecule has 2 rings (SSSR count). The van der Waals surface area contributed by atoms with Crippen molar-refractivity contribution >= 4 is 11.5 Å². The molecule has 0 saturated heterocycles. The van der Waals surface area contributed by atoms with E-state index in [4.69, 9.17) is 5.73 Å². The second-order valence-electron chi connectivity index (χ2n) is 6.70. The van der Waals surface area contributed by atoms with E-state index < -0.39 is 0 Å². The maximum Gasteiger partial charge on any atom is 0.161 e. The highest BCUT2D eigenvalue weighted by atomic mass is 15.2. The van der Waals surface area contributed by atoms with Crippen LogP contribution < -0.4 is 11.1 Å². The summed E-state index contributed by atoms with van der Waals surface area (Å²) >= 11 is 0. The van der Waals surface area contributed by atoms with Crippen molar-refractivity contribution in [3.63, 3.8) is 0 Å². The number of nitrogens with two attached hydrogens (primary N) is 1. The van der Waals surface area contributed by atoms with Crippen LogP contribution in [0, 0.1) is 6.92 Å². The van der Waals surface area contributed by atoms with Gasteiger partial charge in [-0.2, -0.15) is 0 Å². The van der Waals surface area contributed by atoms with Crippen LogP contribution in [0.2, 0.25) is 0 Å². The number of nitrogens with zero attached hydrogens (tertiary/aromatic N) is 3. The van der Waals surface area contributed by atoms with Crippen molar-refractivity contribution in [2.45, 2.75) is 46.7 Å². The first-order chi connectivity index (χ1) is 11.4. The molecule has 1 aromatic heterocycles. The zero-order valence-electron chi connectivity index (χ0n) is 15.4. The molecule has 0 unspecified atom stereocenters. The third-order valence-corrected chi connectivity index (χ3v) is 4.00. The summed E-state index contributed by atoms with van der Waals surface area (Å²) in [6.45, 7) is 12.7. The van der Waals surface area contributed by atoms with Gasteiger partial charge in [0.05, 0.1) is 0 Å². The number of aryl methyl sites for hydroxylation is 1. The molecule has 0 fully saturated rings. The first-order valence-corrected chi connectivity index (χ1v) is 8.58. The number of nitrogen functional groups attached to an aromatic ring is 1. The van der Waals surface area contributed by atoms with Crippen LogP contribution in [0.4, 0.5) is 11.5 Å². The standard InChI is InChI=1S/C19H29N5/c1-13(2)24(14(3)4)10-9-21-18-11-15(5)22-19(23-18)16-7-6-8-17(20)12-16/h6-8,11-14H,9-10,20H2,1-5H3,(H,21,22,23). The predicted octanol–water partition coefficient (Wildman–Crippen LogP) is 3.56. The van der Waals surface area contributed by atoms with E-state index in [1.807, 2.05) is 37.3 Å². The van der Waals surface area contributed by atoms with E-state index in [0.29, 0.717) is 17.9 Å². The molecular weight excluding hydrogens is 298 g/mol. The molecule has 0 amide bonds. The number of nitrogens with one attached hydrogen (secondary N) is 1. The summed E-state index contributed by atoms with van der Waals surface area (Å²) in [4.78, 5) is 11.6. The van der Waals surface area contributed by atoms with Gasteiger partial charge in [-0.1, -0.05) is 12.1 Å². The molecule has 5 heteroatoms. The molecule has 130 valence electrons. The Bertz CT molecular complexity index is 659. The van der Waals surface area contributed by atoms with E-state index in [2.05, 4.69) is 47.9 Å². The minimum atomic E-state index is 0.529. The average Bonchev–Trinajstić information content (AvgIpc) is 2.50. The molecule has 0 spiro atoms. The summed E-state index contributed by atoms with van der Waals surface area (Å²) in [5.41, 5.74) is 8.46. The van der Waals surface area contributed by atoms with E-state index >= 15 is 0 Å². The van der Waals surface area contributed by atoms with E-state index in [9.17, 15) is 0 Å². The highest BCUT2D eigenvalue weighted by Gasteiger charge is 2.12. The number of anilines is 2. The number of hydrogen-bond acceptors (Lipinski definition) is 5. The Morgan fingerprint density at radius 2 is 1.79 bits per heavy atom. The Kier molecular flexibility index (Phi) is 6.15. The molecule has 0 saturated carbocycles. The van der Waals surface area contributed by atoms with Crippen LogP contribution in [0.1, 0.15) is 33.4 Å². The minimum Gasteiger partial charge on any atom is -0.399 e. The number of rotatable bonds is 7. The fraction of sp³-hybridized carbons (Fsp3) is 0.474. The largest absolute Gasteiger partial charge is 0.399 e. The van der Waals surface area contributed by atoms with E-state index in [1.54, 1.807) is 0 Å². The molecule has 0 radical (unpaired) electrons. The quantitative estimate of drug-likeness (QED) is 0.761. The van der Waals surface area contributed by atoms with Crippen LogP contribution in [0.5, 0.6) is 0 Å². The molecule has 0 atom stereocenters. The summed E-state index contributed by atoms with van der Waals surface area (Å²) < 4.78 is 0. The highest BCUT2D eigenvalue weighted by Crippen LogP contribution is 2.20. The predicted molar refractivity (Wildman–Crippen MR) is 102 cm³/mol. The lowest BCUT2D eigenvalue weighted by atomic mass is 10.2. The minimum absolute atomic E-state index is 0.529. The van der Waals surface area contributed by atoms with Crippen LogP contribution in [0.25, 0.3) is 11.4 Å². The molecule has 24 heavy (non-hydrogen) atoms. The Hall–Kier alpha value is -2.14. The van der Waals surface area contributed by atoms with Gasteiger partial charge in [-0.25, -0.2) is 9.97 Å². The van der Waals surface area contributed by atoms with Gasteiger partial charge in [-0.3, -0.25) is 4.90 Å². The summed E-state index contributed by atoms with van der Waals surface area (Å²) in [7, 11) is 0. The van der Waals surface area contributed by atoms with Gasteiger partial charge in [-0.05, 0) is 46.8 Å². The van der Waals surface area contributed by atoms with Gasteiger partial charge < -0.3 is 11.1 Å². The van der Waals surface area contributed by atoms with Crippen molar-refractivity contribution < 1.29 is 0 Å². The van der Waals surface area contributed by atoms with Gasteiger partial charge in [-0.15, -0.1) is 0 Å². The molecule has 2 aromatic rings. The maximum absolute atomic E-state index is 5.87. The summed E-state index contributed by atoms with van der Waals surface area (Å²) in [5, 5.41) is 3.43. The van der Waals surface area contributed by atoms with Crippen LogP contribution in [0.3, 0.4) is 0 Å². The Morgan fingerprint density at radius 3 is 2.42 bits per heavy atom. The van der Waals surface area contributed by atoms with E-state index in [0.717, 1.165) is 35.9 Å². The first kappa shape index (κ1) is 18.2. The van der Waals surface area contributed by atoms with Crippen molar-refractivity contribution in [2.24, 2.45) is 0 Å². The normalized spacial score (nSPS) is 11.5. The van der Waals surface area contributed by atoms with Gasteiger partial charge in [0.2, 0.25) is 0 Å². The van der Waals surface area contributed by atoms with Crippen molar-refractivity contribution in [1.82, 2.24) is 14.9 Å². The van der Waals surface area contributed by atoms with Crippen molar-refractivity contribution in [1.29, 1.82) is 0 Å². The number of hydrogen-bond donors (Lipinski definition) is 2. The second kappa shape index (κ2) is 8.11. The summed E-state index contributed by atoms with van der Waals surface area (Å²) in [5.74, 6) is 1.56. The fourth-order valence-electron chi connectivity index (χ4n) is 2.89. The SMILES string of the molecule is Cc1cc(NCCN(C(C)C)C(C)C)nc(-c2cccc(N)c2)n1. The lowest BCUT2D eigenvalue weighted by Gasteiger charge is -2.30. The maximum atomic E-state index is 5.87. The van der Waals surface area contributed by atoms with Crippen molar-refractivity contribution in [2.75, 3.05) is 24.1 Å². The molecule has 1 heterocycles. The van der Waals surface area contributed by atoms with Crippen LogP contribution >= 0.6 is 0 Å². The monoisotopic (exact) mass is 327 g/mol. The topological polar surface area (TPSA) is 67.1 Å². The first-order valence-electron chi connectivity index (χ1n) is 8.58. The molecule has 0 aliphatic heterocycles. The fourth-order valence-corrected chi connectivity index (χ4v) is 2.89. The Balaban J connectivity index is 2.09. The zero-order valence-corrected chi connectivity index (χ0v) is 15.4. The molecule has 1 aromatic carbocycles. The average molecular weight is 327 g/mol. The van der Waals surface area contributed by atoms with E-state index in [1.165, 1.54) is 0 Å². The molecule has 3 N–H and O–H groups in total. The van der Waals surface area contributed by atoms with Gasteiger partial charge in [0.1, 0.15) is 5.82 Å². The molecule has 5 nitrogen and oxygen atoms in total. The Morgan fingerprint density at radius 1 is 1.08 bits per heavy atom. The third kappa shape index (κ3) is 4.93. The van der Waals surface area contributed by atoms with Crippen molar-refractivity contribution in [3.05, 3.63) is 36.0 Å². The highest BCUT2D eigenvalue weighted by molar-refractivity contribution is 5.62. The second-order valence-corrected chi connectivity index (χ2v) is 6.70. The lowest BCUT2D eigenvalue weighted by molar-refractivity contribution is 0.182.